The van der Waals surface area contributed by atoms with Crippen molar-refractivity contribution in [2.24, 2.45) is 17.3 Å². The van der Waals surface area contributed by atoms with Crippen LogP contribution in [0, 0.1) is 17.3 Å². The van der Waals surface area contributed by atoms with Gasteiger partial charge in [-0.05, 0) is 43.1 Å². The molecule has 29 heavy (non-hydrogen) atoms. The maximum Gasteiger partial charge on any atom is 0.333 e. The van der Waals surface area contributed by atoms with Crippen LogP contribution in [0.5, 0.6) is 0 Å². The van der Waals surface area contributed by atoms with Crippen LogP contribution in [0.3, 0.4) is 0 Å². The first-order chi connectivity index (χ1) is 13.9. The second-order valence-electron chi connectivity index (χ2n) is 8.77. The monoisotopic (exact) mass is 406 g/mol. The van der Waals surface area contributed by atoms with Gasteiger partial charge in [0.1, 0.15) is 5.41 Å². The van der Waals surface area contributed by atoms with E-state index in [1.807, 2.05) is 12.2 Å². The van der Waals surface area contributed by atoms with Crippen molar-refractivity contribution in [2.45, 2.75) is 105 Å². The summed E-state index contributed by atoms with van der Waals surface area (Å²) in [6, 6.07) is 0. The van der Waals surface area contributed by atoms with Crippen molar-refractivity contribution in [2.75, 3.05) is 0 Å². The van der Waals surface area contributed by atoms with Crippen molar-refractivity contribution >= 4 is 11.9 Å². The van der Waals surface area contributed by atoms with Crippen LogP contribution in [0.4, 0.5) is 0 Å². The zero-order valence-electron chi connectivity index (χ0n) is 19.0. The number of hydrogen-bond donors (Lipinski definition) is 2. The summed E-state index contributed by atoms with van der Waals surface area (Å²) >= 11 is 0. The molecular formula is C25H42O4. The summed E-state index contributed by atoms with van der Waals surface area (Å²) in [5, 5.41) is 20.5. The van der Waals surface area contributed by atoms with E-state index < -0.39 is 17.4 Å². The number of rotatable bonds is 14. The second-order valence-corrected chi connectivity index (χ2v) is 8.77. The Morgan fingerprint density at radius 2 is 1.59 bits per heavy atom. The van der Waals surface area contributed by atoms with Crippen molar-refractivity contribution in [3.63, 3.8) is 0 Å². The molecule has 0 aromatic rings. The Morgan fingerprint density at radius 3 is 2.07 bits per heavy atom. The van der Waals surface area contributed by atoms with Gasteiger partial charge >= 0.3 is 11.9 Å². The summed E-state index contributed by atoms with van der Waals surface area (Å²) < 4.78 is 0. The first-order valence-corrected chi connectivity index (χ1v) is 11.7. The van der Waals surface area contributed by atoms with Crippen LogP contribution >= 0.6 is 0 Å². The molecular weight excluding hydrogens is 364 g/mol. The van der Waals surface area contributed by atoms with Gasteiger partial charge in [-0.1, -0.05) is 91.2 Å². The van der Waals surface area contributed by atoms with Crippen LogP contribution in [0.1, 0.15) is 105 Å². The van der Waals surface area contributed by atoms with Crippen molar-refractivity contribution in [1.29, 1.82) is 0 Å². The number of unbranched alkanes of at least 4 members (excludes halogenated alkanes) is 2. The summed E-state index contributed by atoms with van der Waals surface area (Å²) in [7, 11) is 0. The van der Waals surface area contributed by atoms with E-state index in [-0.39, 0.29) is 11.5 Å². The molecule has 4 heteroatoms. The molecule has 0 bridgehead atoms. The van der Waals surface area contributed by atoms with Crippen LogP contribution in [-0.2, 0) is 9.59 Å². The van der Waals surface area contributed by atoms with Crippen molar-refractivity contribution in [3.8, 4) is 0 Å². The number of aliphatic carboxylic acids is 2. The van der Waals surface area contributed by atoms with E-state index in [1.54, 1.807) is 0 Å². The molecule has 1 aliphatic rings. The van der Waals surface area contributed by atoms with Gasteiger partial charge in [-0.15, -0.1) is 0 Å². The molecule has 0 aromatic carbocycles. The molecule has 166 valence electrons. The first kappa shape index (κ1) is 25.5. The van der Waals surface area contributed by atoms with Crippen LogP contribution in [0.2, 0.25) is 0 Å². The minimum absolute atomic E-state index is 0.156. The van der Waals surface area contributed by atoms with Crippen LogP contribution in [0.25, 0.3) is 0 Å². The fourth-order valence-corrected chi connectivity index (χ4v) is 4.78. The second kappa shape index (κ2) is 12.9. The molecule has 0 aromatic heterocycles. The highest BCUT2D eigenvalue weighted by atomic mass is 16.4. The lowest BCUT2D eigenvalue weighted by Gasteiger charge is -2.34. The third kappa shape index (κ3) is 7.01. The molecule has 0 fully saturated rings. The van der Waals surface area contributed by atoms with Crippen LogP contribution in [0.15, 0.2) is 23.3 Å². The molecule has 1 rings (SSSR count). The summed E-state index contributed by atoms with van der Waals surface area (Å²) in [6.45, 7) is 8.53. The van der Waals surface area contributed by atoms with Gasteiger partial charge in [-0.3, -0.25) is 4.79 Å². The molecule has 1 aliphatic carbocycles. The normalized spacial score (nSPS) is 21.7. The van der Waals surface area contributed by atoms with Crippen molar-refractivity contribution < 1.29 is 19.8 Å². The van der Waals surface area contributed by atoms with E-state index in [1.165, 1.54) is 0 Å². The minimum Gasteiger partial charge on any atom is -0.481 e. The standard InChI is InChI=1S/C25H42O4/c1-5-9-13-19(7-3)17-21-15-11-12-16-25(24(28)29,22(21)23(26)27)18-20(8-4)14-10-6-2/h11,15,19-20H,5-10,12-14,16-18H2,1-4H3,(H,26,27)(H,28,29). The highest BCUT2D eigenvalue weighted by molar-refractivity contribution is 5.98. The molecule has 0 saturated carbocycles. The highest BCUT2D eigenvalue weighted by Gasteiger charge is 2.47. The number of allylic oxidation sites excluding steroid dienone is 3. The lowest BCUT2D eigenvalue weighted by atomic mass is 9.67. The summed E-state index contributed by atoms with van der Waals surface area (Å²) in [6.07, 6.45) is 14.2. The van der Waals surface area contributed by atoms with Crippen molar-refractivity contribution in [1.82, 2.24) is 0 Å². The molecule has 3 atom stereocenters. The van der Waals surface area contributed by atoms with E-state index in [0.29, 0.717) is 31.6 Å². The Morgan fingerprint density at radius 1 is 1.00 bits per heavy atom. The average Bonchev–Trinajstić information content (AvgIpc) is 2.88. The van der Waals surface area contributed by atoms with E-state index in [2.05, 4.69) is 27.7 Å². The molecule has 0 aliphatic heterocycles. The Labute approximate surface area is 177 Å². The highest BCUT2D eigenvalue weighted by Crippen LogP contribution is 2.46. The first-order valence-electron chi connectivity index (χ1n) is 11.7. The Hall–Kier alpha value is -1.58. The van der Waals surface area contributed by atoms with E-state index in [9.17, 15) is 19.8 Å². The summed E-state index contributed by atoms with van der Waals surface area (Å²) in [4.78, 5) is 25.1. The van der Waals surface area contributed by atoms with Gasteiger partial charge in [0, 0.05) is 0 Å². The van der Waals surface area contributed by atoms with Gasteiger partial charge in [0.15, 0.2) is 0 Å². The zero-order chi connectivity index (χ0) is 21.9. The number of carboxylic acid groups (broad SMARTS) is 2. The smallest absolute Gasteiger partial charge is 0.333 e. The Bertz CT molecular complexity index is 590. The largest absolute Gasteiger partial charge is 0.481 e. The van der Waals surface area contributed by atoms with Crippen LogP contribution < -0.4 is 0 Å². The quantitative estimate of drug-likeness (QED) is 0.325. The topological polar surface area (TPSA) is 74.6 Å². The lowest BCUT2D eigenvalue weighted by molar-refractivity contribution is -0.151. The number of carbonyl (C=O) groups is 2. The third-order valence-corrected chi connectivity index (χ3v) is 6.71. The fraction of sp³-hybridized carbons (Fsp3) is 0.760. The molecule has 2 N–H and O–H groups in total. The van der Waals surface area contributed by atoms with Gasteiger partial charge < -0.3 is 10.2 Å². The SMILES string of the molecule is CCCCC(CC)CC1=C(C(=O)O)C(CC(CC)CCCC)(C(=O)O)CCC=C1. The van der Waals surface area contributed by atoms with Gasteiger partial charge in [-0.2, -0.15) is 0 Å². The average molecular weight is 407 g/mol. The molecule has 0 radical (unpaired) electrons. The van der Waals surface area contributed by atoms with Gasteiger partial charge in [-0.25, -0.2) is 4.79 Å². The molecule has 0 spiro atoms. The molecule has 0 amide bonds. The Balaban J connectivity index is 3.40. The number of carboxylic acids is 2. The van der Waals surface area contributed by atoms with E-state index >= 15 is 0 Å². The van der Waals surface area contributed by atoms with Crippen LogP contribution in [-0.4, -0.2) is 22.2 Å². The Kier molecular flexibility index (Phi) is 11.3. The fourth-order valence-electron chi connectivity index (χ4n) is 4.78. The van der Waals surface area contributed by atoms with Gasteiger partial charge in [0.2, 0.25) is 0 Å². The van der Waals surface area contributed by atoms with Gasteiger partial charge in [0.05, 0.1) is 5.57 Å². The lowest BCUT2D eigenvalue weighted by Crippen LogP contribution is -2.39. The zero-order valence-corrected chi connectivity index (χ0v) is 19.0. The predicted octanol–water partition coefficient (Wildman–Crippen LogP) is 7.00. The molecule has 0 saturated heterocycles. The third-order valence-electron chi connectivity index (χ3n) is 6.71. The maximum atomic E-state index is 12.6. The van der Waals surface area contributed by atoms with E-state index in [4.69, 9.17) is 0 Å². The summed E-state index contributed by atoms with van der Waals surface area (Å²) in [5.74, 6) is -1.38. The molecule has 4 nitrogen and oxygen atoms in total. The summed E-state index contributed by atoms with van der Waals surface area (Å²) in [5.41, 5.74) is -0.392. The molecule has 3 unspecified atom stereocenters. The maximum absolute atomic E-state index is 12.6. The predicted molar refractivity (Wildman–Crippen MR) is 119 cm³/mol. The van der Waals surface area contributed by atoms with E-state index in [0.717, 1.165) is 56.9 Å². The molecule has 0 heterocycles. The minimum atomic E-state index is -1.29. The van der Waals surface area contributed by atoms with Gasteiger partial charge in [0.25, 0.3) is 0 Å². The van der Waals surface area contributed by atoms with Crippen molar-refractivity contribution in [3.05, 3.63) is 23.3 Å². The number of hydrogen-bond acceptors (Lipinski definition) is 2.